The Morgan fingerprint density at radius 3 is 2.90 bits per heavy atom. The fraction of sp³-hybridized carbons (Fsp3) is 0.500. The molecule has 0 radical (unpaired) electrons. The maximum absolute atomic E-state index is 11.7. The monoisotopic (exact) mass is 280 g/mol. The SMILES string of the molecule is COc1cc(C(C(=O)O)N2CCNCC2C)ccc1O. The van der Waals surface area contributed by atoms with Crippen molar-refractivity contribution < 1.29 is 19.7 Å². The topological polar surface area (TPSA) is 82.0 Å². The lowest BCUT2D eigenvalue weighted by Crippen LogP contribution is -2.52. The molecular weight excluding hydrogens is 260 g/mol. The van der Waals surface area contributed by atoms with E-state index in [0.717, 1.165) is 13.1 Å². The molecule has 2 unspecified atom stereocenters. The van der Waals surface area contributed by atoms with Gasteiger partial charge in [0.1, 0.15) is 6.04 Å². The Morgan fingerprint density at radius 2 is 2.30 bits per heavy atom. The van der Waals surface area contributed by atoms with Crippen molar-refractivity contribution in [2.75, 3.05) is 26.7 Å². The van der Waals surface area contributed by atoms with Crippen molar-refractivity contribution in [3.05, 3.63) is 23.8 Å². The zero-order valence-corrected chi connectivity index (χ0v) is 11.7. The number of hydrogen-bond donors (Lipinski definition) is 3. The molecule has 1 aromatic rings. The number of carbonyl (C=O) groups is 1. The largest absolute Gasteiger partial charge is 0.504 e. The molecular formula is C14H20N2O4. The van der Waals surface area contributed by atoms with Crippen LogP contribution in [0.2, 0.25) is 0 Å². The summed E-state index contributed by atoms with van der Waals surface area (Å²) in [6, 6.07) is 4.08. The molecule has 1 saturated heterocycles. The van der Waals surface area contributed by atoms with Crippen molar-refractivity contribution in [2.45, 2.75) is 19.0 Å². The first-order valence-corrected chi connectivity index (χ1v) is 6.60. The van der Waals surface area contributed by atoms with Gasteiger partial charge < -0.3 is 20.3 Å². The van der Waals surface area contributed by atoms with Crippen molar-refractivity contribution in [3.63, 3.8) is 0 Å². The minimum absolute atomic E-state index is 0.00810. The van der Waals surface area contributed by atoms with Gasteiger partial charge in [-0.15, -0.1) is 0 Å². The van der Waals surface area contributed by atoms with Crippen LogP contribution in [0.25, 0.3) is 0 Å². The maximum Gasteiger partial charge on any atom is 0.325 e. The molecule has 6 nitrogen and oxygen atoms in total. The number of benzene rings is 1. The first kappa shape index (κ1) is 14.6. The van der Waals surface area contributed by atoms with Crippen LogP contribution in [0.4, 0.5) is 0 Å². The average molecular weight is 280 g/mol. The number of aromatic hydroxyl groups is 1. The summed E-state index contributed by atoms with van der Waals surface area (Å²) in [5.41, 5.74) is 0.612. The summed E-state index contributed by atoms with van der Waals surface area (Å²) in [5, 5.41) is 22.4. The maximum atomic E-state index is 11.7. The number of ether oxygens (including phenoxy) is 1. The van der Waals surface area contributed by atoms with Gasteiger partial charge >= 0.3 is 5.97 Å². The second kappa shape index (κ2) is 6.11. The van der Waals surface area contributed by atoms with Gasteiger partial charge in [0.15, 0.2) is 11.5 Å². The van der Waals surface area contributed by atoms with Gasteiger partial charge in [0, 0.05) is 25.7 Å². The summed E-state index contributed by atoms with van der Waals surface area (Å²) >= 11 is 0. The van der Waals surface area contributed by atoms with Crippen molar-refractivity contribution in [1.82, 2.24) is 10.2 Å². The molecule has 0 bridgehead atoms. The molecule has 1 aromatic carbocycles. The van der Waals surface area contributed by atoms with E-state index in [9.17, 15) is 15.0 Å². The highest BCUT2D eigenvalue weighted by molar-refractivity contribution is 5.76. The highest BCUT2D eigenvalue weighted by atomic mass is 16.5. The Bertz CT molecular complexity index is 492. The van der Waals surface area contributed by atoms with Gasteiger partial charge in [0.25, 0.3) is 0 Å². The number of methoxy groups -OCH3 is 1. The smallest absolute Gasteiger partial charge is 0.325 e. The number of phenols is 1. The molecule has 1 fully saturated rings. The van der Waals surface area contributed by atoms with E-state index in [1.54, 1.807) is 12.1 Å². The van der Waals surface area contributed by atoms with E-state index in [-0.39, 0.29) is 17.5 Å². The van der Waals surface area contributed by atoms with Gasteiger partial charge in [-0.3, -0.25) is 9.69 Å². The van der Waals surface area contributed by atoms with Gasteiger partial charge in [-0.05, 0) is 24.6 Å². The molecule has 6 heteroatoms. The predicted molar refractivity (Wildman–Crippen MR) is 74.1 cm³/mol. The standard InChI is InChI=1S/C14H20N2O4/c1-9-8-15-5-6-16(9)13(14(18)19)10-3-4-11(17)12(7-10)20-2/h3-4,7,9,13,15,17H,5-6,8H2,1-2H3,(H,18,19). The number of carboxylic acid groups (broad SMARTS) is 1. The highest BCUT2D eigenvalue weighted by Gasteiger charge is 2.32. The summed E-state index contributed by atoms with van der Waals surface area (Å²) in [6.45, 7) is 4.20. The van der Waals surface area contributed by atoms with Gasteiger partial charge in [-0.2, -0.15) is 0 Å². The van der Waals surface area contributed by atoms with E-state index in [4.69, 9.17) is 4.74 Å². The molecule has 1 heterocycles. The van der Waals surface area contributed by atoms with Crippen molar-refractivity contribution in [1.29, 1.82) is 0 Å². The minimum Gasteiger partial charge on any atom is -0.504 e. The van der Waals surface area contributed by atoms with E-state index in [2.05, 4.69) is 5.32 Å². The lowest BCUT2D eigenvalue weighted by atomic mass is 10.0. The Balaban J connectivity index is 2.35. The summed E-state index contributed by atoms with van der Waals surface area (Å²) in [4.78, 5) is 13.6. The summed E-state index contributed by atoms with van der Waals surface area (Å²) in [7, 11) is 1.45. The number of phenolic OH excluding ortho intramolecular Hbond substituents is 1. The van der Waals surface area contributed by atoms with Crippen LogP contribution >= 0.6 is 0 Å². The van der Waals surface area contributed by atoms with Crippen LogP contribution in [0.5, 0.6) is 11.5 Å². The zero-order chi connectivity index (χ0) is 14.7. The van der Waals surface area contributed by atoms with Crippen LogP contribution in [-0.4, -0.2) is 53.9 Å². The second-order valence-electron chi connectivity index (χ2n) is 4.96. The number of rotatable bonds is 4. The Hall–Kier alpha value is -1.79. The molecule has 1 aliphatic heterocycles. The highest BCUT2D eigenvalue weighted by Crippen LogP contribution is 2.32. The van der Waals surface area contributed by atoms with Gasteiger partial charge in [0.05, 0.1) is 7.11 Å². The number of nitrogens with zero attached hydrogens (tertiary/aromatic N) is 1. The van der Waals surface area contributed by atoms with E-state index >= 15 is 0 Å². The number of hydrogen-bond acceptors (Lipinski definition) is 5. The van der Waals surface area contributed by atoms with Crippen LogP contribution in [0.1, 0.15) is 18.5 Å². The average Bonchev–Trinajstić information content (AvgIpc) is 2.42. The van der Waals surface area contributed by atoms with Crippen LogP contribution in [0.15, 0.2) is 18.2 Å². The molecule has 20 heavy (non-hydrogen) atoms. The van der Waals surface area contributed by atoms with Gasteiger partial charge in [0.2, 0.25) is 0 Å². The Kier molecular flexibility index (Phi) is 4.46. The molecule has 0 spiro atoms. The van der Waals surface area contributed by atoms with Crippen LogP contribution in [0, 0.1) is 0 Å². The molecule has 0 aromatic heterocycles. The van der Waals surface area contributed by atoms with Crippen LogP contribution in [0.3, 0.4) is 0 Å². The molecule has 2 atom stereocenters. The molecule has 3 N–H and O–H groups in total. The molecule has 110 valence electrons. The zero-order valence-electron chi connectivity index (χ0n) is 11.7. The van der Waals surface area contributed by atoms with Crippen LogP contribution in [-0.2, 0) is 4.79 Å². The third-order valence-electron chi connectivity index (χ3n) is 3.64. The second-order valence-corrected chi connectivity index (χ2v) is 4.96. The Morgan fingerprint density at radius 1 is 1.55 bits per heavy atom. The molecule has 0 aliphatic carbocycles. The first-order chi connectivity index (χ1) is 9.54. The summed E-state index contributed by atoms with van der Waals surface area (Å²) in [5.74, 6) is -0.600. The lowest BCUT2D eigenvalue weighted by Gasteiger charge is -2.38. The number of carboxylic acids is 1. The predicted octanol–water partition coefficient (Wildman–Crippen LogP) is 0.820. The minimum atomic E-state index is -0.897. The van der Waals surface area contributed by atoms with E-state index in [1.807, 2.05) is 11.8 Å². The number of aliphatic carboxylic acids is 1. The first-order valence-electron chi connectivity index (χ1n) is 6.60. The normalized spacial score (nSPS) is 21.4. The molecule has 1 aliphatic rings. The van der Waals surface area contributed by atoms with Crippen molar-refractivity contribution in [3.8, 4) is 11.5 Å². The third kappa shape index (κ3) is 2.86. The fourth-order valence-corrected chi connectivity index (χ4v) is 2.58. The molecule has 2 rings (SSSR count). The van der Waals surface area contributed by atoms with Crippen molar-refractivity contribution >= 4 is 5.97 Å². The number of piperazine rings is 1. The van der Waals surface area contributed by atoms with E-state index < -0.39 is 12.0 Å². The van der Waals surface area contributed by atoms with E-state index in [1.165, 1.54) is 13.2 Å². The fourth-order valence-electron chi connectivity index (χ4n) is 2.58. The summed E-state index contributed by atoms with van der Waals surface area (Å²) < 4.78 is 5.06. The summed E-state index contributed by atoms with van der Waals surface area (Å²) in [6.07, 6.45) is 0. The van der Waals surface area contributed by atoms with Crippen molar-refractivity contribution in [2.24, 2.45) is 0 Å². The third-order valence-corrected chi connectivity index (χ3v) is 3.64. The quantitative estimate of drug-likeness (QED) is 0.757. The lowest BCUT2D eigenvalue weighted by molar-refractivity contribution is -0.145. The van der Waals surface area contributed by atoms with Crippen LogP contribution < -0.4 is 10.1 Å². The van der Waals surface area contributed by atoms with Gasteiger partial charge in [-0.25, -0.2) is 0 Å². The Labute approximate surface area is 118 Å². The van der Waals surface area contributed by atoms with Gasteiger partial charge in [-0.1, -0.05) is 6.07 Å². The molecule has 0 amide bonds. The number of nitrogens with one attached hydrogen (secondary N) is 1. The van der Waals surface area contributed by atoms with E-state index in [0.29, 0.717) is 12.1 Å². The molecule has 0 saturated carbocycles.